The van der Waals surface area contributed by atoms with Crippen molar-refractivity contribution in [3.63, 3.8) is 0 Å². The van der Waals surface area contributed by atoms with Crippen LogP contribution in [0.25, 0.3) is 0 Å². The van der Waals surface area contributed by atoms with Crippen LogP contribution in [0.4, 0.5) is 5.69 Å². The summed E-state index contributed by atoms with van der Waals surface area (Å²) in [5.74, 6) is -3.62. The second kappa shape index (κ2) is 8.77. The number of rotatable bonds is 7. The molecule has 0 saturated carbocycles. The Bertz CT molecular complexity index is 1030. The molecule has 4 rings (SSSR count). The predicted octanol–water partition coefficient (Wildman–Crippen LogP) is 0.953. The van der Waals surface area contributed by atoms with Crippen LogP contribution in [0.2, 0.25) is 0 Å². The summed E-state index contributed by atoms with van der Waals surface area (Å²) in [7, 11) is 0. The van der Waals surface area contributed by atoms with E-state index in [1.807, 2.05) is 0 Å². The molecule has 0 aromatic heterocycles. The molecule has 2 fully saturated rings. The van der Waals surface area contributed by atoms with Gasteiger partial charge < -0.3 is 26.0 Å². The first-order chi connectivity index (χ1) is 15.2. The van der Waals surface area contributed by atoms with Crippen LogP contribution in [-0.4, -0.2) is 73.3 Å². The number of benzene rings is 1. The Morgan fingerprint density at radius 1 is 1.28 bits per heavy atom. The first-order valence-electron chi connectivity index (χ1n) is 9.87. The normalized spacial score (nSPS) is 27.7. The first-order valence-corrected chi connectivity index (χ1v) is 11.6. The van der Waals surface area contributed by atoms with Crippen LogP contribution in [0.15, 0.2) is 34.2 Å². The van der Waals surface area contributed by atoms with E-state index in [2.05, 4.69) is 10.6 Å². The Balaban J connectivity index is 1.39. The van der Waals surface area contributed by atoms with E-state index in [9.17, 15) is 29.4 Å². The minimum Gasteiger partial charge on any atom is -0.478 e. The van der Waals surface area contributed by atoms with E-state index in [-0.39, 0.29) is 22.4 Å². The molecule has 1 unspecified atom stereocenters. The van der Waals surface area contributed by atoms with E-state index in [1.54, 1.807) is 12.1 Å². The zero-order chi connectivity index (χ0) is 23.2. The zero-order valence-corrected chi connectivity index (χ0v) is 18.5. The van der Waals surface area contributed by atoms with Gasteiger partial charge in [0, 0.05) is 17.5 Å². The number of carboxylic acids is 2. The van der Waals surface area contributed by atoms with E-state index >= 15 is 0 Å². The minimum absolute atomic E-state index is 0.0645. The molecule has 1 aromatic rings. The predicted molar refractivity (Wildman–Crippen MR) is 118 cm³/mol. The molecule has 2 amide bonds. The van der Waals surface area contributed by atoms with Gasteiger partial charge in [-0.05, 0) is 31.5 Å². The van der Waals surface area contributed by atoms with Crippen molar-refractivity contribution in [3.8, 4) is 0 Å². The Labute approximate surface area is 191 Å². The summed E-state index contributed by atoms with van der Waals surface area (Å²) in [6.45, 7) is 1.98. The lowest BCUT2D eigenvalue weighted by molar-refractivity contribution is -0.156. The number of thioether (sulfide) groups is 2. The third-order valence-corrected chi connectivity index (χ3v) is 8.36. The number of fused-ring (bicyclic) bond motifs is 1. The fourth-order valence-corrected chi connectivity index (χ4v) is 7.25. The molecule has 32 heavy (non-hydrogen) atoms. The maximum absolute atomic E-state index is 12.6. The number of carboxylic acid groups (broad SMARTS) is 2. The van der Waals surface area contributed by atoms with E-state index in [0.29, 0.717) is 22.9 Å². The van der Waals surface area contributed by atoms with Gasteiger partial charge in [0.25, 0.3) is 0 Å². The highest BCUT2D eigenvalue weighted by molar-refractivity contribution is 8.23. The molecule has 12 heteroatoms. The molecular formula is C20H21N3O7S2. The summed E-state index contributed by atoms with van der Waals surface area (Å²) < 4.78 is 0.501. The molecule has 0 bridgehead atoms. The number of aliphatic hydroxyl groups is 1. The number of hydrogen-bond donors (Lipinski definition) is 5. The van der Waals surface area contributed by atoms with Crippen molar-refractivity contribution >= 4 is 53.0 Å². The minimum atomic E-state index is -1.20. The van der Waals surface area contributed by atoms with E-state index in [4.69, 9.17) is 5.11 Å². The smallest absolute Gasteiger partial charge is 0.354 e. The van der Waals surface area contributed by atoms with Crippen LogP contribution >= 0.6 is 23.5 Å². The molecule has 0 aliphatic carbocycles. The topological polar surface area (TPSA) is 156 Å². The Morgan fingerprint density at radius 2 is 2.03 bits per heavy atom. The Hall–Kier alpha value is -2.54. The maximum atomic E-state index is 12.6. The van der Waals surface area contributed by atoms with Crippen LogP contribution in [-0.2, 0) is 14.4 Å². The molecule has 0 spiro atoms. The Kier molecular flexibility index (Phi) is 6.21. The molecule has 2 saturated heterocycles. The SMILES string of the molecule is CC(O)[C@H]1C(=O)N2C(C(=O)O)=C(S[C@@H]3CN[C@H](C(=O)Nc4cccc(C(=O)O)c4)C3)S[C@H]12. The number of carbonyl (C=O) groups is 4. The van der Waals surface area contributed by atoms with Gasteiger partial charge in [-0.3, -0.25) is 14.5 Å². The third kappa shape index (κ3) is 4.10. The van der Waals surface area contributed by atoms with Crippen LogP contribution < -0.4 is 10.6 Å². The molecule has 5 atom stereocenters. The maximum Gasteiger partial charge on any atom is 0.354 e. The fraction of sp³-hybridized carbons (Fsp3) is 0.400. The molecule has 0 radical (unpaired) electrons. The lowest BCUT2D eigenvalue weighted by Gasteiger charge is -2.43. The summed E-state index contributed by atoms with van der Waals surface area (Å²) >= 11 is 2.58. The number of nitrogens with one attached hydrogen (secondary N) is 2. The molecule has 5 N–H and O–H groups in total. The number of carbonyl (C=O) groups excluding carboxylic acids is 2. The van der Waals surface area contributed by atoms with E-state index < -0.39 is 41.3 Å². The van der Waals surface area contributed by atoms with Crippen LogP contribution in [0, 0.1) is 5.92 Å². The van der Waals surface area contributed by atoms with Gasteiger partial charge in [0.2, 0.25) is 11.8 Å². The van der Waals surface area contributed by atoms with Gasteiger partial charge in [-0.2, -0.15) is 0 Å². The van der Waals surface area contributed by atoms with Gasteiger partial charge in [-0.1, -0.05) is 17.8 Å². The second-order valence-electron chi connectivity index (χ2n) is 7.74. The van der Waals surface area contributed by atoms with Gasteiger partial charge in [0.1, 0.15) is 5.37 Å². The van der Waals surface area contributed by atoms with Crippen LogP contribution in [0.5, 0.6) is 0 Å². The van der Waals surface area contributed by atoms with Gasteiger partial charge in [-0.25, -0.2) is 9.59 Å². The average Bonchev–Trinajstić information content (AvgIpc) is 3.31. The van der Waals surface area contributed by atoms with Gasteiger partial charge in [0.05, 0.1) is 27.9 Å². The fourth-order valence-electron chi connectivity index (χ4n) is 3.94. The first kappa shape index (κ1) is 22.6. The number of hydrogen-bond acceptors (Lipinski definition) is 8. The number of nitrogens with zero attached hydrogens (tertiary/aromatic N) is 1. The lowest BCUT2D eigenvalue weighted by atomic mass is 9.92. The standard InChI is InChI=1S/C20H21N3O7S2/c1-8(24)13-16(26)23-14(19(29)30)20(32-17(13)23)31-11-6-12(21-7-11)15(25)22-10-4-2-3-9(5-10)18(27)28/h2-5,8,11-13,17,21,24H,6-7H2,1H3,(H,22,25)(H,27,28)(H,29,30)/t8?,11-,12-,13-,17+/m0/s1. The van der Waals surface area contributed by atoms with Crippen molar-refractivity contribution in [2.75, 3.05) is 11.9 Å². The van der Waals surface area contributed by atoms with Crippen LogP contribution in [0.3, 0.4) is 0 Å². The van der Waals surface area contributed by atoms with Crippen molar-refractivity contribution in [1.29, 1.82) is 0 Å². The van der Waals surface area contributed by atoms with E-state index in [1.165, 1.54) is 47.5 Å². The number of β-lactam (4-membered cyclic amide) rings is 1. The summed E-state index contributed by atoms with van der Waals surface area (Å²) in [5.41, 5.74) is 0.379. The lowest BCUT2D eigenvalue weighted by Crippen LogP contribution is -2.60. The molecule has 170 valence electrons. The molecule has 3 heterocycles. The highest BCUT2D eigenvalue weighted by atomic mass is 32.2. The van der Waals surface area contributed by atoms with E-state index in [0.717, 1.165) is 0 Å². The number of amides is 2. The highest BCUT2D eigenvalue weighted by Gasteiger charge is 2.58. The third-order valence-electron chi connectivity index (χ3n) is 5.53. The molecule has 10 nitrogen and oxygen atoms in total. The van der Waals surface area contributed by atoms with Gasteiger partial charge >= 0.3 is 11.9 Å². The number of aromatic carboxylic acids is 1. The molecular weight excluding hydrogens is 458 g/mol. The van der Waals surface area contributed by atoms with Crippen molar-refractivity contribution < 1.29 is 34.5 Å². The van der Waals surface area contributed by atoms with Crippen molar-refractivity contribution in [2.24, 2.45) is 5.92 Å². The molecule has 3 aliphatic rings. The zero-order valence-electron chi connectivity index (χ0n) is 16.8. The summed E-state index contributed by atoms with van der Waals surface area (Å²) in [6, 6.07) is 5.43. The summed E-state index contributed by atoms with van der Waals surface area (Å²) in [5, 5.41) is 33.8. The molecule has 1 aromatic carbocycles. The quantitative estimate of drug-likeness (QED) is 0.357. The highest BCUT2D eigenvalue weighted by Crippen LogP contribution is 2.54. The number of aliphatic carboxylic acids is 1. The van der Waals surface area contributed by atoms with Crippen molar-refractivity contribution in [1.82, 2.24) is 10.2 Å². The number of aliphatic hydroxyl groups excluding tert-OH is 1. The Morgan fingerprint density at radius 3 is 2.69 bits per heavy atom. The summed E-state index contributed by atoms with van der Waals surface area (Å²) in [6.07, 6.45) is -0.429. The molecule has 3 aliphatic heterocycles. The largest absolute Gasteiger partial charge is 0.478 e. The average molecular weight is 480 g/mol. The second-order valence-corrected chi connectivity index (χ2v) is 10.4. The van der Waals surface area contributed by atoms with Crippen molar-refractivity contribution in [3.05, 3.63) is 39.8 Å². The van der Waals surface area contributed by atoms with Gasteiger partial charge in [0.15, 0.2) is 5.70 Å². The van der Waals surface area contributed by atoms with Crippen molar-refractivity contribution in [2.45, 2.75) is 36.1 Å². The van der Waals surface area contributed by atoms with Gasteiger partial charge in [-0.15, -0.1) is 11.8 Å². The monoisotopic (exact) mass is 479 g/mol. The summed E-state index contributed by atoms with van der Waals surface area (Å²) in [4.78, 5) is 49.0. The number of anilines is 1. The van der Waals surface area contributed by atoms with Crippen LogP contribution in [0.1, 0.15) is 23.7 Å².